The molecule has 0 bridgehead atoms. The molecule has 3 aromatic rings. The Hall–Kier alpha value is -2.12. The van der Waals surface area contributed by atoms with Gasteiger partial charge in [-0.05, 0) is 46.5 Å². The van der Waals surface area contributed by atoms with Crippen LogP contribution in [0.4, 0.5) is 11.4 Å². The second kappa shape index (κ2) is 8.27. The predicted molar refractivity (Wildman–Crippen MR) is 111 cm³/mol. The third kappa shape index (κ3) is 4.09. The fraction of sp³-hybridized carbons (Fsp3) is 0.400. The highest BCUT2D eigenvalue weighted by molar-refractivity contribution is 9.10. The quantitative estimate of drug-likeness (QED) is 0.550. The summed E-state index contributed by atoms with van der Waals surface area (Å²) < 4.78 is 2.94. The van der Waals surface area contributed by atoms with Crippen LogP contribution in [0.25, 0.3) is 5.65 Å². The van der Waals surface area contributed by atoms with Gasteiger partial charge in [-0.15, -0.1) is 0 Å². The Labute approximate surface area is 167 Å². The van der Waals surface area contributed by atoms with E-state index in [1.54, 1.807) is 6.20 Å². The molecule has 3 aromatic heterocycles. The van der Waals surface area contributed by atoms with Gasteiger partial charge < -0.3 is 15.7 Å². The summed E-state index contributed by atoms with van der Waals surface area (Å²) in [6, 6.07) is 6.40. The summed E-state index contributed by atoms with van der Waals surface area (Å²) in [5.41, 5.74) is 3.98. The molecule has 142 valence electrons. The average Bonchev–Trinajstić information content (AvgIpc) is 3.08. The summed E-state index contributed by atoms with van der Waals surface area (Å²) in [5, 5.41) is 16.8. The zero-order valence-corrected chi connectivity index (χ0v) is 16.7. The van der Waals surface area contributed by atoms with Gasteiger partial charge in [0.25, 0.3) is 0 Å². The highest BCUT2D eigenvalue weighted by Gasteiger charge is 2.24. The van der Waals surface area contributed by atoms with Gasteiger partial charge in [0, 0.05) is 43.7 Å². The van der Waals surface area contributed by atoms with E-state index in [1.165, 1.54) is 12.8 Å². The fourth-order valence-corrected chi connectivity index (χ4v) is 4.17. The largest absolute Gasteiger partial charge is 0.396 e. The molecule has 2 unspecified atom stereocenters. The van der Waals surface area contributed by atoms with E-state index < -0.39 is 0 Å². The average molecular weight is 430 g/mol. The van der Waals surface area contributed by atoms with Crippen molar-refractivity contribution in [3.05, 3.63) is 53.2 Å². The van der Waals surface area contributed by atoms with Crippen molar-refractivity contribution in [1.29, 1.82) is 0 Å². The van der Waals surface area contributed by atoms with Gasteiger partial charge in [0.2, 0.25) is 0 Å². The summed E-state index contributed by atoms with van der Waals surface area (Å²) in [5.74, 6) is 0.312. The molecule has 1 aliphatic rings. The summed E-state index contributed by atoms with van der Waals surface area (Å²) in [7, 11) is 0. The van der Waals surface area contributed by atoms with Crippen LogP contribution in [-0.2, 0) is 6.54 Å². The number of anilines is 2. The molecule has 6 nitrogen and oxygen atoms in total. The van der Waals surface area contributed by atoms with Crippen LogP contribution in [0.5, 0.6) is 0 Å². The first kappa shape index (κ1) is 18.3. The Kier molecular flexibility index (Phi) is 5.59. The van der Waals surface area contributed by atoms with Gasteiger partial charge in [-0.2, -0.15) is 0 Å². The molecule has 0 saturated heterocycles. The van der Waals surface area contributed by atoms with E-state index in [2.05, 4.69) is 54.9 Å². The number of rotatable bonds is 6. The minimum absolute atomic E-state index is 0.237. The van der Waals surface area contributed by atoms with Crippen molar-refractivity contribution in [3.63, 3.8) is 0 Å². The topological polar surface area (TPSA) is 74.5 Å². The Balaban J connectivity index is 1.60. The number of aliphatic hydroxyl groups excluding tert-OH is 1. The normalized spacial score (nSPS) is 19.9. The standard InChI is InChI=1S/C20H24BrN5O/c21-19-11-24-20-18(23-10-14-4-3-7-22-9-14)8-16(12-26(19)20)25-17-6-2-1-5-15(17)13-27/h3-4,7-9,11-12,15,17,23,25,27H,1-2,5-6,10,13H2. The molecule has 3 heterocycles. The molecule has 0 spiro atoms. The summed E-state index contributed by atoms with van der Waals surface area (Å²) in [6.45, 7) is 0.918. The highest BCUT2D eigenvalue weighted by atomic mass is 79.9. The Bertz CT molecular complexity index is 898. The minimum Gasteiger partial charge on any atom is -0.396 e. The summed E-state index contributed by atoms with van der Waals surface area (Å²) in [4.78, 5) is 8.69. The molecule has 0 aromatic carbocycles. The molecule has 0 amide bonds. The third-order valence-corrected chi connectivity index (χ3v) is 5.85. The zero-order valence-electron chi connectivity index (χ0n) is 15.1. The number of nitrogens with zero attached hydrogens (tertiary/aromatic N) is 3. The number of hydrogen-bond donors (Lipinski definition) is 3. The van der Waals surface area contributed by atoms with E-state index in [9.17, 15) is 5.11 Å². The molecule has 1 fully saturated rings. The number of nitrogens with one attached hydrogen (secondary N) is 2. The summed E-state index contributed by atoms with van der Waals surface area (Å²) >= 11 is 3.58. The smallest absolute Gasteiger partial charge is 0.161 e. The number of fused-ring (bicyclic) bond motifs is 1. The molecule has 1 aliphatic carbocycles. The number of hydrogen-bond acceptors (Lipinski definition) is 5. The van der Waals surface area contributed by atoms with Gasteiger partial charge in [0.05, 0.1) is 17.6 Å². The number of halogens is 1. The Morgan fingerprint density at radius 1 is 1.26 bits per heavy atom. The van der Waals surface area contributed by atoms with Gasteiger partial charge in [-0.25, -0.2) is 4.98 Å². The van der Waals surface area contributed by atoms with Crippen LogP contribution >= 0.6 is 15.9 Å². The van der Waals surface area contributed by atoms with Crippen LogP contribution in [0.2, 0.25) is 0 Å². The molecular formula is C20H24BrN5O. The third-order valence-electron chi connectivity index (χ3n) is 5.26. The van der Waals surface area contributed by atoms with E-state index in [0.717, 1.165) is 40.0 Å². The lowest BCUT2D eigenvalue weighted by Gasteiger charge is -2.31. The maximum absolute atomic E-state index is 9.71. The SMILES string of the molecule is OCC1CCCCC1Nc1cc(NCc2cccnc2)c2ncc(Br)n2c1. The maximum atomic E-state index is 9.71. The van der Waals surface area contributed by atoms with Crippen molar-refractivity contribution in [2.45, 2.75) is 38.3 Å². The highest BCUT2D eigenvalue weighted by Crippen LogP contribution is 2.30. The lowest BCUT2D eigenvalue weighted by Crippen LogP contribution is -2.34. The van der Waals surface area contributed by atoms with Gasteiger partial charge in [-0.3, -0.25) is 9.38 Å². The Morgan fingerprint density at radius 2 is 2.15 bits per heavy atom. The first-order chi connectivity index (χ1) is 13.2. The van der Waals surface area contributed by atoms with Crippen LogP contribution in [0, 0.1) is 5.92 Å². The van der Waals surface area contributed by atoms with Crippen molar-refractivity contribution in [2.75, 3.05) is 17.2 Å². The van der Waals surface area contributed by atoms with Gasteiger partial charge in [0.15, 0.2) is 5.65 Å². The number of aliphatic hydroxyl groups is 1. The van der Waals surface area contributed by atoms with Gasteiger partial charge in [-0.1, -0.05) is 18.9 Å². The minimum atomic E-state index is 0.237. The van der Waals surface area contributed by atoms with Crippen molar-refractivity contribution >= 4 is 33.0 Å². The number of imidazole rings is 1. The molecule has 1 saturated carbocycles. The van der Waals surface area contributed by atoms with Crippen molar-refractivity contribution in [1.82, 2.24) is 14.4 Å². The molecule has 3 N–H and O–H groups in total. The monoisotopic (exact) mass is 429 g/mol. The number of pyridine rings is 2. The molecule has 2 atom stereocenters. The molecular weight excluding hydrogens is 406 g/mol. The lowest BCUT2D eigenvalue weighted by molar-refractivity contribution is 0.178. The Morgan fingerprint density at radius 3 is 2.96 bits per heavy atom. The van der Waals surface area contributed by atoms with Crippen molar-refractivity contribution < 1.29 is 5.11 Å². The summed E-state index contributed by atoms with van der Waals surface area (Å²) in [6.07, 6.45) is 12.1. The first-order valence-corrected chi connectivity index (χ1v) is 10.2. The van der Waals surface area contributed by atoms with Crippen LogP contribution in [-0.4, -0.2) is 32.1 Å². The maximum Gasteiger partial charge on any atom is 0.161 e. The molecule has 0 aliphatic heterocycles. The van der Waals surface area contributed by atoms with Gasteiger partial charge >= 0.3 is 0 Å². The van der Waals surface area contributed by atoms with E-state index in [0.29, 0.717) is 18.5 Å². The van der Waals surface area contributed by atoms with Crippen molar-refractivity contribution in [2.24, 2.45) is 5.92 Å². The van der Waals surface area contributed by atoms with E-state index >= 15 is 0 Å². The number of aromatic nitrogens is 3. The zero-order chi connectivity index (χ0) is 18.6. The van der Waals surface area contributed by atoms with E-state index in [4.69, 9.17) is 0 Å². The van der Waals surface area contributed by atoms with Crippen LogP contribution in [0.1, 0.15) is 31.2 Å². The molecule has 7 heteroatoms. The second-order valence-corrected chi connectivity index (χ2v) is 7.92. The first-order valence-electron chi connectivity index (χ1n) is 9.41. The lowest BCUT2D eigenvalue weighted by atomic mass is 9.85. The van der Waals surface area contributed by atoms with Gasteiger partial charge in [0.1, 0.15) is 4.60 Å². The molecule has 4 rings (SSSR count). The van der Waals surface area contributed by atoms with E-state index in [-0.39, 0.29) is 6.61 Å². The predicted octanol–water partition coefficient (Wildman–Crippen LogP) is 4.07. The fourth-order valence-electron chi connectivity index (χ4n) is 3.80. The van der Waals surface area contributed by atoms with E-state index in [1.807, 2.05) is 22.9 Å². The van der Waals surface area contributed by atoms with Crippen molar-refractivity contribution in [3.8, 4) is 0 Å². The van der Waals surface area contributed by atoms with Crippen LogP contribution in [0.3, 0.4) is 0 Å². The molecule has 0 radical (unpaired) electrons. The second-order valence-electron chi connectivity index (χ2n) is 7.11. The van der Waals surface area contributed by atoms with Crippen LogP contribution in [0.15, 0.2) is 47.6 Å². The molecule has 27 heavy (non-hydrogen) atoms. The van der Waals surface area contributed by atoms with Crippen LogP contribution < -0.4 is 10.6 Å².